The van der Waals surface area contributed by atoms with Gasteiger partial charge in [0, 0.05) is 26.0 Å². The zero-order chi connectivity index (χ0) is 11.1. The summed E-state index contributed by atoms with van der Waals surface area (Å²) in [4.78, 5) is 4.05. The third kappa shape index (κ3) is 4.60. The lowest BCUT2D eigenvalue weighted by Gasteiger charge is -2.13. The quantitative estimate of drug-likeness (QED) is 0.600. The Kier molecular flexibility index (Phi) is 5.61. The number of hydrogen-bond acceptors (Lipinski definition) is 3. The number of nitrogens with one attached hydrogen (secondary N) is 1. The number of aromatic nitrogens is 1. The van der Waals surface area contributed by atoms with E-state index in [0.717, 1.165) is 25.1 Å². The van der Waals surface area contributed by atoms with Crippen molar-refractivity contribution in [3.05, 3.63) is 29.0 Å². The zero-order valence-electron chi connectivity index (χ0n) is 9.16. The topological polar surface area (TPSA) is 34.1 Å². The van der Waals surface area contributed by atoms with Crippen LogP contribution in [0.5, 0.6) is 0 Å². The van der Waals surface area contributed by atoms with Crippen LogP contribution in [0.25, 0.3) is 0 Å². The molecule has 0 amide bonds. The molecule has 1 rings (SSSR count). The first-order valence-corrected chi connectivity index (χ1v) is 5.45. The summed E-state index contributed by atoms with van der Waals surface area (Å²) in [6, 6.07) is 4.10. The number of methoxy groups -OCH3 is 1. The highest BCUT2D eigenvalue weighted by Gasteiger charge is 2.04. The van der Waals surface area contributed by atoms with Crippen molar-refractivity contribution in [1.29, 1.82) is 0 Å². The van der Waals surface area contributed by atoms with Crippen LogP contribution >= 0.6 is 11.6 Å². The Hall–Kier alpha value is -0.640. The molecule has 4 heteroatoms. The Bertz CT molecular complexity index is 276. The normalized spacial score (nSPS) is 12.7. The molecular formula is C11H17ClN2O. The summed E-state index contributed by atoms with van der Waals surface area (Å²) in [5.41, 5.74) is 1.15. The van der Waals surface area contributed by atoms with Crippen molar-refractivity contribution < 1.29 is 4.74 Å². The molecule has 0 aliphatic carbocycles. The molecule has 0 saturated carbocycles. The first-order chi connectivity index (χ1) is 7.24. The molecule has 3 nitrogen and oxygen atoms in total. The molecule has 1 atom stereocenters. The Morgan fingerprint density at radius 2 is 2.33 bits per heavy atom. The van der Waals surface area contributed by atoms with Crippen LogP contribution in [0.1, 0.15) is 24.9 Å². The van der Waals surface area contributed by atoms with Crippen molar-refractivity contribution in [2.24, 2.45) is 0 Å². The van der Waals surface area contributed by atoms with Gasteiger partial charge in [0.2, 0.25) is 0 Å². The molecule has 0 aliphatic rings. The molecular weight excluding hydrogens is 212 g/mol. The van der Waals surface area contributed by atoms with E-state index in [-0.39, 0.29) is 0 Å². The number of halogens is 1. The minimum absolute atomic E-state index is 0.298. The zero-order valence-corrected chi connectivity index (χ0v) is 9.92. The molecule has 0 saturated heterocycles. The summed E-state index contributed by atoms with van der Waals surface area (Å²) in [5, 5.41) is 3.92. The Morgan fingerprint density at radius 3 is 2.93 bits per heavy atom. The maximum Gasteiger partial charge on any atom is 0.129 e. The highest BCUT2D eigenvalue weighted by atomic mass is 35.5. The fourth-order valence-corrected chi connectivity index (χ4v) is 1.41. The summed E-state index contributed by atoms with van der Waals surface area (Å²) in [6.45, 7) is 3.84. The van der Waals surface area contributed by atoms with Gasteiger partial charge >= 0.3 is 0 Å². The molecule has 0 bridgehead atoms. The molecule has 0 radical (unpaired) electrons. The van der Waals surface area contributed by atoms with E-state index in [9.17, 15) is 0 Å². The molecule has 84 valence electrons. The van der Waals surface area contributed by atoms with Gasteiger partial charge in [0.25, 0.3) is 0 Å². The highest BCUT2D eigenvalue weighted by molar-refractivity contribution is 6.29. The first-order valence-electron chi connectivity index (χ1n) is 5.08. The van der Waals surface area contributed by atoms with Crippen molar-refractivity contribution in [2.75, 3.05) is 20.3 Å². The Morgan fingerprint density at radius 1 is 1.53 bits per heavy atom. The first kappa shape index (κ1) is 12.4. The maximum absolute atomic E-state index is 5.71. The van der Waals surface area contributed by atoms with E-state index in [1.165, 1.54) is 0 Å². The van der Waals surface area contributed by atoms with E-state index >= 15 is 0 Å². The van der Waals surface area contributed by atoms with Gasteiger partial charge in [-0.2, -0.15) is 0 Å². The van der Waals surface area contributed by atoms with E-state index in [0.29, 0.717) is 11.2 Å². The summed E-state index contributed by atoms with van der Waals surface area (Å²) in [6.07, 6.45) is 2.82. The van der Waals surface area contributed by atoms with Crippen molar-refractivity contribution in [2.45, 2.75) is 19.4 Å². The molecule has 15 heavy (non-hydrogen) atoms. The highest BCUT2D eigenvalue weighted by Crippen LogP contribution is 2.12. The number of hydrogen-bond donors (Lipinski definition) is 1. The van der Waals surface area contributed by atoms with Crippen molar-refractivity contribution >= 4 is 11.6 Å². The van der Waals surface area contributed by atoms with Crippen molar-refractivity contribution in [1.82, 2.24) is 10.3 Å². The van der Waals surface area contributed by atoms with Crippen molar-refractivity contribution in [3.8, 4) is 0 Å². The monoisotopic (exact) mass is 228 g/mol. The van der Waals surface area contributed by atoms with Crippen LogP contribution in [-0.4, -0.2) is 25.2 Å². The van der Waals surface area contributed by atoms with Gasteiger partial charge in [0.05, 0.1) is 0 Å². The number of nitrogens with zero attached hydrogens (tertiary/aromatic N) is 1. The molecule has 1 unspecified atom stereocenters. The van der Waals surface area contributed by atoms with E-state index in [2.05, 4.69) is 17.2 Å². The lowest BCUT2D eigenvalue weighted by atomic mass is 10.1. The fraction of sp³-hybridized carbons (Fsp3) is 0.545. The summed E-state index contributed by atoms with van der Waals surface area (Å²) in [5.74, 6) is 0. The van der Waals surface area contributed by atoms with Gasteiger partial charge in [0.1, 0.15) is 5.15 Å². The van der Waals surface area contributed by atoms with Gasteiger partial charge < -0.3 is 10.1 Å². The Balaban J connectivity index is 2.33. The van der Waals surface area contributed by atoms with Crippen LogP contribution in [0.15, 0.2) is 18.3 Å². The lowest BCUT2D eigenvalue weighted by Crippen LogP contribution is -2.20. The van der Waals surface area contributed by atoms with Gasteiger partial charge in [-0.3, -0.25) is 0 Å². The van der Waals surface area contributed by atoms with Gasteiger partial charge in [-0.1, -0.05) is 17.7 Å². The molecule has 1 aromatic rings. The molecule has 1 aromatic heterocycles. The van der Waals surface area contributed by atoms with Crippen LogP contribution in [0, 0.1) is 0 Å². The maximum atomic E-state index is 5.71. The summed E-state index contributed by atoms with van der Waals surface area (Å²) in [7, 11) is 1.71. The predicted molar refractivity (Wildman–Crippen MR) is 62.2 cm³/mol. The van der Waals surface area contributed by atoms with E-state index in [1.807, 2.05) is 12.1 Å². The van der Waals surface area contributed by atoms with Crippen LogP contribution in [0.3, 0.4) is 0 Å². The van der Waals surface area contributed by atoms with Crippen LogP contribution in [-0.2, 0) is 4.74 Å². The van der Waals surface area contributed by atoms with Gasteiger partial charge in [-0.05, 0) is 31.5 Å². The molecule has 0 aliphatic heterocycles. The minimum Gasteiger partial charge on any atom is -0.385 e. The minimum atomic E-state index is 0.298. The second-order valence-corrected chi connectivity index (χ2v) is 3.82. The average Bonchev–Trinajstić information content (AvgIpc) is 2.25. The number of rotatable bonds is 6. The van der Waals surface area contributed by atoms with Gasteiger partial charge in [-0.15, -0.1) is 0 Å². The average molecular weight is 229 g/mol. The SMILES string of the molecule is COCCCNC(C)c1ccc(Cl)nc1. The second kappa shape index (κ2) is 6.77. The molecule has 1 heterocycles. The Labute approximate surface area is 95.8 Å². The molecule has 0 spiro atoms. The predicted octanol–water partition coefficient (Wildman–Crippen LogP) is 2.42. The van der Waals surface area contributed by atoms with E-state index in [1.54, 1.807) is 13.3 Å². The molecule has 1 N–H and O–H groups in total. The van der Waals surface area contributed by atoms with Gasteiger partial charge in [0.15, 0.2) is 0 Å². The lowest BCUT2D eigenvalue weighted by molar-refractivity contribution is 0.193. The van der Waals surface area contributed by atoms with E-state index in [4.69, 9.17) is 16.3 Å². The third-order valence-electron chi connectivity index (χ3n) is 2.23. The van der Waals surface area contributed by atoms with Crippen LogP contribution in [0.2, 0.25) is 5.15 Å². The van der Waals surface area contributed by atoms with Crippen LogP contribution < -0.4 is 5.32 Å². The van der Waals surface area contributed by atoms with Crippen LogP contribution in [0.4, 0.5) is 0 Å². The van der Waals surface area contributed by atoms with Crippen molar-refractivity contribution in [3.63, 3.8) is 0 Å². The third-order valence-corrected chi connectivity index (χ3v) is 2.45. The van der Waals surface area contributed by atoms with Gasteiger partial charge in [-0.25, -0.2) is 4.98 Å². The van der Waals surface area contributed by atoms with E-state index < -0.39 is 0 Å². The fourth-order valence-electron chi connectivity index (χ4n) is 1.30. The summed E-state index contributed by atoms with van der Waals surface area (Å²) < 4.78 is 4.98. The molecule has 0 aromatic carbocycles. The number of ether oxygens (including phenoxy) is 1. The smallest absolute Gasteiger partial charge is 0.129 e. The molecule has 0 fully saturated rings. The standard InChI is InChI=1S/C11H17ClN2O/c1-9(13-6-3-7-15-2)10-4-5-11(12)14-8-10/h4-5,8-9,13H,3,6-7H2,1-2H3. The second-order valence-electron chi connectivity index (χ2n) is 3.44. The summed E-state index contributed by atoms with van der Waals surface area (Å²) >= 11 is 5.71. The largest absolute Gasteiger partial charge is 0.385 e. The number of pyridine rings is 1.